The third-order valence-corrected chi connectivity index (χ3v) is 5.84. The molecule has 8 heteroatoms. The molecule has 2 heterocycles. The molecule has 6 nitrogen and oxygen atoms in total. The Kier molecular flexibility index (Phi) is 7.39. The number of nitrogens with zero attached hydrogens (tertiary/aromatic N) is 1. The zero-order chi connectivity index (χ0) is 19.8. The number of hydrogen-bond donors (Lipinski definition) is 1. The maximum Gasteiger partial charge on any atom is 0.230 e. The summed E-state index contributed by atoms with van der Waals surface area (Å²) in [5.74, 6) is 3.18. The summed E-state index contributed by atoms with van der Waals surface area (Å²) in [6, 6.07) is 11.7. The number of methoxy groups -OCH3 is 2. The van der Waals surface area contributed by atoms with Crippen LogP contribution in [0.3, 0.4) is 0 Å². The predicted octanol–water partition coefficient (Wildman–Crippen LogP) is 4.01. The number of ether oxygens (including phenoxy) is 2. The van der Waals surface area contributed by atoms with Crippen LogP contribution < -0.4 is 14.8 Å². The van der Waals surface area contributed by atoms with Crippen molar-refractivity contribution >= 4 is 29.0 Å². The van der Waals surface area contributed by atoms with Crippen LogP contribution in [0.25, 0.3) is 10.6 Å². The molecule has 0 radical (unpaired) electrons. The molecule has 0 aliphatic carbocycles. The van der Waals surface area contributed by atoms with Gasteiger partial charge in [-0.2, -0.15) is 0 Å². The second-order valence-corrected chi connectivity index (χ2v) is 7.88. The minimum Gasteiger partial charge on any atom is -0.493 e. The van der Waals surface area contributed by atoms with Crippen LogP contribution in [0.2, 0.25) is 0 Å². The summed E-state index contributed by atoms with van der Waals surface area (Å²) < 4.78 is 15.9. The average Bonchev–Trinajstić information content (AvgIpc) is 3.39. The van der Waals surface area contributed by atoms with E-state index in [-0.39, 0.29) is 5.91 Å². The minimum absolute atomic E-state index is 0.00690. The van der Waals surface area contributed by atoms with Crippen LogP contribution in [-0.4, -0.2) is 37.6 Å². The van der Waals surface area contributed by atoms with Crippen molar-refractivity contribution in [2.45, 2.75) is 12.2 Å². The van der Waals surface area contributed by atoms with Crippen LogP contribution in [-0.2, 0) is 17.0 Å². The third-order valence-electron chi connectivity index (χ3n) is 3.99. The van der Waals surface area contributed by atoms with E-state index in [0.717, 1.165) is 28.3 Å². The van der Waals surface area contributed by atoms with Gasteiger partial charge in [0.1, 0.15) is 0 Å². The van der Waals surface area contributed by atoms with E-state index in [1.807, 2.05) is 41.8 Å². The smallest absolute Gasteiger partial charge is 0.230 e. The van der Waals surface area contributed by atoms with Gasteiger partial charge in [-0.05, 0) is 35.6 Å². The molecule has 3 rings (SSSR count). The van der Waals surface area contributed by atoms with Gasteiger partial charge >= 0.3 is 0 Å². The average molecular weight is 419 g/mol. The minimum atomic E-state index is 0.00690. The number of amides is 1. The maximum absolute atomic E-state index is 12.0. The predicted molar refractivity (Wildman–Crippen MR) is 112 cm³/mol. The van der Waals surface area contributed by atoms with Crippen molar-refractivity contribution in [3.63, 3.8) is 0 Å². The molecule has 2 aromatic heterocycles. The summed E-state index contributed by atoms with van der Waals surface area (Å²) in [4.78, 5) is 13.1. The van der Waals surface area contributed by atoms with Gasteiger partial charge in [-0.15, -0.1) is 23.1 Å². The first-order valence-electron chi connectivity index (χ1n) is 8.74. The van der Waals surface area contributed by atoms with Gasteiger partial charge in [0.2, 0.25) is 5.91 Å². The highest BCUT2D eigenvalue weighted by Gasteiger charge is 2.09. The summed E-state index contributed by atoms with van der Waals surface area (Å²) in [6.07, 6.45) is 0.726. The van der Waals surface area contributed by atoms with Crippen molar-refractivity contribution in [3.8, 4) is 22.1 Å². The number of thiophene rings is 1. The second-order valence-electron chi connectivity index (χ2n) is 5.94. The van der Waals surface area contributed by atoms with Gasteiger partial charge < -0.3 is 19.3 Å². The van der Waals surface area contributed by atoms with Crippen molar-refractivity contribution in [1.82, 2.24) is 10.5 Å². The van der Waals surface area contributed by atoms with E-state index < -0.39 is 0 Å². The molecule has 0 atom stereocenters. The van der Waals surface area contributed by atoms with E-state index in [1.165, 1.54) is 11.8 Å². The fourth-order valence-electron chi connectivity index (χ4n) is 2.60. The quantitative estimate of drug-likeness (QED) is 0.536. The monoisotopic (exact) mass is 418 g/mol. The van der Waals surface area contributed by atoms with Gasteiger partial charge in [0.15, 0.2) is 17.3 Å². The standard InChI is InChI=1S/C20H22N2O4S2/c1-24-16-6-5-14(10-17(16)25-2)7-8-21-20(23)13-27-12-15-11-18(26-22-15)19-4-3-9-28-19/h3-6,9-11H,7-8,12-13H2,1-2H3,(H,21,23). The maximum atomic E-state index is 12.0. The zero-order valence-corrected chi connectivity index (χ0v) is 17.4. The molecule has 0 spiro atoms. The summed E-state index contributed by atoms with van der Waals surface area (Å²) in [5.41, 5.74) is 1.92. The lowest BCUT2D eigenvalue weighted by molar-refractivity contribution is -0.118. The van der Waals surface area contributed by atoms with Crippen LogP contribution in [0.5, 0.6) is 11.5 Å². The third kappa shape index (κ3) is 5.53. The molecule has 0 saturated heterocycles. The number of carbonyl (C=O) groups is 1. The first-order chi connectivity index (χ1) is 13.7. The summed E-state index contributed by atoms with van der Waals surface area (Å²) >= 11 is 3.12. The largest absolute Gasteiger partial charge is 0.493 e. The molecule has 28 heavy (non-hydrogen) atoms. The van der Waals surface area contributed by atoms with Gasteiger partial charge in [-0.1, -0.05) is 17.3 Å². The molecule has 148 valence electrons. The van der Waals surface area contributed by atoms with E-state index in [0.29, 0.717) is 29.5 Å². The van der Waals surface area contributed by atoms with Crippen molar-refractivity contribution in [3.05, 3.63) is 53.0 Å². The molecule has 1 N–H and O–H groups in total. The Hall–Kier alpha value is -2.45. The second kappa shape index (κ2) is 10.2. The van der Waals surface area contributed by atoms with E-state index in [4.69, 9.17) is 14.0 Å². The normalized spacial score (nSPS) is 10.6. The Morgan fingerprint density at radius 1 is 1.21 bits per heavy atom. The molecule has 1 amide bonds. The van der Waals surface area contributed by atoms with Crippen LogP contribution in [0.1, 0.15) is 11.3 Å². The molecule has 0 fully saturated rings. The SMILES string of the molecule is COc1ccc(CCNC(=O)CSCc2cc(-c3cccs3)on2)cc1OC. The lowest BCUT2D eigenvalue weighted by atomic mass is 10.1. The van der Waals surface area contributed by atoms with Gasteiger partial charge in [0.05, 0.1) is 30.5 Å². The van der Waals surface area contributed by atoms with E-state index in [1.54, 1.807) is 25.6 Å². The first kappa shape index (κ1) is 20.3. The Morgan fingerprint density at radius 2 is 2.07 bits per heavy atom. The Labute approximate surface area is 172 Å². The van der Waals surface area contributed by atoms with Gasteiger partial charge in [-0.3, -0.25) is 4.79 Å². The number of thioether (sulfide) groups is 1. The molecular weight excluding hydrogens is 396 g/mol. The summed E-state index contributed by atoms with van der Waals surface area (Å²) in [5, 5.41) is 8.99. The van der Waals surface area contributed by atoms with Crippen molar-refractivity contribution in [1.29, 1.82) is 0 Å². The molecule has 0 aliphatic rings. The van der Waals surface area contributed by atoms with Crippen LogP contribution in [0, 0.1) is 0 Å². The number of aromatic nitrogens is 1. The van der Waals surface area contributed by atoms with Gasteiger partial charge in [-0.25, -0.2) is 0 Å². The first-order valence-corrected chi connectivity index (χ1v) is 10.8. The summed E-state index contributed by atoms with van der Waals surface area (Å²) in [7, 11) is 3.22. The molecule has 3 aromatic rings. The Morgan fingerprint density at radius 3 is 2.82 bits per heavy atom. The number of hydrogen-bond acceptors (Lipinski definition) is 7. The molecule has 0 aliphatic heterocycles. The molecule has 1 aromatic carbocycles. The molecule has 0 saturated carbocycles. The fourth-order valence-corrected chi connectivity index (χ4v) is 4.00. The Bertz CT molecular complexity index is 894. The summed E-state index contributed by atoms with van der Waals surface area (Å²) in [6.45, 7) is 0.571. The highest BCUT2D eigenvalue weighted by Crippen LogP contribution is 2.28. The van der Waals surface area contributed by atoms with E-state index in [2.05, 4.69) is 10.5 Å². The molecule has 0 unspecified atom stereocenters. The van der Waals surface area contributed by atoms with Crippen molar-refractivity contribution in [2.24, 2.45) is 0 Å². The van der Waals surface area contributed by atoms with Crippen LogP contribution >= 0.6 is 23.1 Å². The zero-order valence-electron chi connectivity index (χ0n) is 15.8. The van der Waals surface area contributed by atoms with E-state index in [9.17, 15) is 4.79 Å². The number of carbonyl (C=O) groups excluding carboxylic acids is 1. The topological polar surface area (TPSA) is 73.6 Å². The number of nitrogens with one attached hydrogen (secondary N) is 1. The fraction of sp³-hybridized carbons (Fsp3) is 0.300. The highest BCUT2D eigenvalue weighted by molar-refractivity contribution is 7.99. The van der Waals surface area contributed by atoms with Crippen molar-refractivity contribution < 1.29 is 18.8 Å². The lowest BCUT2D eigenvalue weighted by Gasteiger charge is -2.10. The van der Waals surface area contributed by atoms with E-state index >= 15 is 0 Å². The van der Waals surface area contributed by atoms with Gasteiger partial charge in [0, 0.05) is 18.4 Å². The highest BCUT2D eigenvalue weighted by atomic mass is 32.2. The van der Waals surface area contributed by atoms with Crippen molar-refractivity contribution in [2.75, 3.05) is 26.5 Å². The Balaban J connectivity index is 1.37. The van der Waals surface area contributed by atoms with Gasteiger partial charge in [0.25, 0.3) is 0 Å². The lowest BCUT2D eigenvalue weighted by Crippen LogP contribution is -2.27. The molecular formula is C20H22N2O4S2. The number of benzene rings is 1. The number of rotatable bonds is 10. The van der Waals surface area contributed by atoms with Crippen LogP contribution in [0.4, 0.5) is 0 Å². The van der Waals surface area contributed by atoms with Crippen LogP contribution in [0.15, 0.2) is 46.3 Å². The molecule has 0 bridgehead atoms.